The van der Waals surface area contributed by atoms with E-state index in [-0.39, 0.29) is 68.0 Å². The van der Waals surface area contributed by atoms with Gasteiger partial charge in [0.15, 0.2) is 5.75 Å². The largest absolute Gasteiger partial charge is 1.00 e. The van der Waals surface area contributed by atoms with Crippen LogP contribution in [0.2, 0.25) is 10.0 Å². The van der Waals surface area contributed by atoms with Gasteiger partial charge in [-0.05, 0) is 48.2 Å². The molecule has 0 aliphatic carbocycles. The number of ether oxygens (including phenoxy) is 1. The van der Waals surface area contributed by atoms with Crippen LogP contribution >= 0.6 is 23.2 Å². The normalized spacial score (nSPS) is 11.4. The summed E-state index contributed by atoms with van der Waals surface area (Å²) in [6.45, 7) is 1.57. The standard InChI is InChI=1S/C25H19Cl2N3O6S.Na/c1-13-19(27)11-15(37(33,34)35)12-21(13)29-30-22-16-7-4-3-6-14(16)10-17(23(22)31)25(32)28-20-9-5-8-18(26)24(20)36-2;/h3-12,31H,1-2H3,(H,28,32)(H,33,34,35);/q;+1/p-1. The van der Waals surface area contributed by atoms with Crippen molar-refractivity contribution in [3.8, 4) is 11.5 Å². The van der Waals surface area contributed by atoms with Crippen molar-refractivity contribution >= 4 is 67.1 Å². The number of halogens is 2. The van der Waals surface area contributed by atoms with Gasteiger partial charge < -0.3 is 15.2 Å². The maximum Gasteiger partial charge on any atom is 1.00 e. The molecule has 4 aromatic rings. The van der Waals surface area contributed by atoms with E-state index in [9.17, 15) is 22.9 Å². The number of azo groups is 1. The van der Waals surface area contributed by atoms with Gasteiger partial charge in [0, 0.05) is 16.0 Å². The van der Waals surface area contributed by atoms with E-state index in [1.54, 1.807) is 49.4 Å². The van der Waals surface area contributed by atoms with Crippen molar-refractivity contribution < 1.29 is 57.2 Å². The van der Waals surface area contributed by atoms with Crippen molar-refractivity contribution in [1.29, 1.82) is 0 Å². The Balaban J connectivity index is 0.00000400. The zero-order valence-electron chi connectivity index (χ0n) is 20.3. The minimum absolute atomic E-state index is 0. The molecular weight excluding hydrogens is 564 g/mol. The smallest absolute Gasteiger partial charge is 0.870 e. The van der Waals surface area contributed by atoms with Crippen LogP contribution in [-0.2, 0) is 10.1 Å². The molecule has 190 valence electrons. The van der Waals surface area contributed by atoms with E-state index in [1.165, 1.54) is 13.2 Å². The number of hydrogen-bond acceptors (Lipinski definition) is 7. The fourth-order valence-electron chi connectivity index (χ4n) is 3.58. The molecule has 0 aliphatic heterocycles. The third kappa shape index (κ3) is 6.13. The number of methoxy groups -OCH3 is 1. The van der Waals surface area contributed by atoms with E-state index in [4.69, 9.17) is 27.9 Å². The molecule has 0 aromatic heterocycles. The number of carbonyl (C=O) groups is 1. The van der Waals surface area contributed by atoms with Crippen LogP contribution in [0.4, 0.5) is 17.1 Å². The molecule has 1 amide bonds. The maximum atomic E-state index is 13.4. The summed E-state index contributed by atoms with van der Waals surface area (Å²) < 4.78 is 37.9. The number of rotatable bonds is 6. The zero-order valence-corrected chi connectivity index (χ0v) is 24.6. The fraction of sp³-hybridized carbons (Fsp3) is 0.0800. The van der Waals surface area contributed by atoms with Gasteiger partial charge >= 0.3 is 29.6 Å². The molecule has 0 radical (unpaired) electrons. The molecule has 2 N–H and O–H groups in total. The van der Waals surface area contributed by atoms with Gasteiger partial charge in [0.05, 0.1) is 34.1 Å². The Morgan fingerprint density at radius 1 is 1.03 bits per heavy atom. The Morgan fingerprint density at radius 2 is 1.74 bits per heavy atom. The first-order valence-electron chi connectivity index (χ1n) is 10.6. The summed E-state index contributed by atoms with van der Waals surface area (Å²) in [6.07, 6.45) is 0. The molecule has 0 saturated carbocycles. The average molecular weight is 582 g/mol. The molecule has 0 atom stereocenters. The Bertz CT molecular complexity index is 1700. The van der Waals surface area contributed by atoms with E-state index in [1.807, 2.05) is 0 Å². The quantitative estimate of drug-likeness (QED) is 0.203. The first kappa shape index (κ1) is 29.9. The molecule has 0 heterocycles. The first-order chi connectivity index (χ1) is 17.5. The van der Waals surface area contributed by atoms with Gasteiger partial charge in [-0.15, -0.1) is 0 Å². The van der Waals surface area contributed by atoms with Gasteiger partial charge in [-0.2, -0.15) is 18.6 Å². The molecule has 0 spiro atoms. The van der Waals surface area contributed by atoms with Crippen LogP contribution in [0.15, 0.2) is 75.8 Å². The molecule has 0 aliphatic rings. The second-order valence-electron chi connectivity index (χ2n) is 7.82. The van der Waals surface area contributed by atoms with E-state index in [0.29, 0.717) is 16.3 Å². The van der Waals surface area contributed by atoms with Gasteiger partial charge in [-0.3, -0.25) is 9.35 Å². The van der Waals surface area contributed by atoms with Crippen molar-refractivity contribution in [1.82, 2.24) is 0 Å². The molecule has 38 heavy (non-hydrogen) atoms. The predicted molar refractivity (Wildman–Crippen MR) is 140 cm³/mol. The minimum Gasteiger partial charge on any atom is -0.870 e. The molecule has 13 heteroatoms. The van der Waals surface area contributed by atoms with Crippen molar-refractivity contribution in [2.24, 2.45) is 10.2 Å². The van der Waals surface area contributed by atoms with Crippen molar-refractivity contribution in [2.45, 2.75) is 11.8 Å². The summed E-state index contributed by atoms with van der Waals surface area (Å²) in [4.78, 5) is 12.7. The summed E-state index contributed by atoms with van der Waals surface area (Å²) in [5.41, 5.74) is 0.298. The monoisotopic (exact) mass is 581 g/mol. The first-order valence-corrected chi connectivity index (χ1v) is 12.8. The summed E-state index contributed by atoms with van der Waals surface area (Å²) >= 11 is 12.2. The Morgan fingerprint density at radius 3 is 2.42 bits per heavy atom. The maximum absolute atomic E-state index is 13.4. The number of para-hydroxylation sites is 1. The second-order valence-corrected chi connectivity index (χ2v) is 10.1. The van der Waals surface area contributed by atoms with Crippen LogP contribution < -0.4 is 44.7 Å². The number of amides is 1. The van der Waals surface area contributed by atoms with Crippen molar-refractivity contribution in [3.05, 3.63) is 81.8 Å². The van der Waals surface area contributed by atoms with Crippen molar-refractivity contribution in [3.63, 3.8) is 0 Å². The van der Waals surface area contributed by atoms with E-state index in [0.717, 1.165) is 12.1 Å². The van der Waals surface area contributed by atoms with E-state index in [2.05, 4.69) is 15.5 Å². The van der Waals surface area contributed by atoms with E-state index < -0.39 is 26.7 Å². The van der Waals surface area contributed by atoms with Crippen molar-refractivity contribution in [2.75, 3.05) is 12.4 Å². The molecule has 9 nitrogen and oxygen atoms in total. The minimum atomic E-state index is -4.57. The summed E-state index contributed by atoms with van der Waals surface area (Å²) in [5, 5.41) is 25.4. The summed E-state index contributed by atoms with van der Waals surface area (Å²) in [5.74, 6) is -1.20. The predicted octanol–water partition coefficient (Wildman–Crippen LogP) is 3.46. The Hall–Kier alpha value is -2.70. The van der Waals surface area contributed by atoms with Crippen LogP contribution in [0, 0.1) is 6.92 Å². The summed E-state index contributed by atoms with van der Waals surface area (Å²) in [7, 11) is -3.17. The number of nitrogens with zero attached hydrogens (tertiary/aromatic N) is 2. The SMILES string of the molecule is COc1c(Cl)cccc1NC(=O)c1cc2ccccc2c(N=Nc2cc(S(=O)(=O)O)cc(Cl)c2C)c1[O-].[Na+]. The fourth-order valence-corrected chi connectivity index (χ4v) is 4.64. The second kappa shape index (κ2) is 12.0. The van der Waals surface area contributed by atoms with Gasteiger partial charge in [0.1, 0.15) is 0 Å². The molecule has 0 fully saturated rings. The number of benzene rings is 4. The van der Waals surface area contributed by atoms with Crippen LogP contribution in [0.3, 0.4) is 0 Å². The Labute approximate surface area is 250 Å². The molecule has 4 rings (SSSR count). The third-order valence-electron chi connectivity index (χ3n) is 5.49. The average Bonchev–Trinajstić information content (AvgIpc) is 2.84. The number of hydrogen-bond donors (Lipinski definition) is 2. The van der Waals surface area contributed by atoms with Gasteiger partial charge in [-0.1, -0.05) is 59.3 Å². The zero-order chi connectivity index (χ0) is 26.9. The van der Waals surface area contributed by atoms with Crippen LogP contribution in [-0.4, -0.2) is 26.0 Å². The van der Waals surface area contributed by atoms with Crippen LogP contribution in [0.1, 0.15) is 15.9 Å². The molecule has 4 aromatic carbocycles. The molecule has 0 saturated heterocycles. The van der Waals surface area contributed by atoms with Crippen LogP contribution in [0.5, 0.6) is 11.5 Å². The molecule has 0 unspecified atom stereocenters. The van der Waals surface area contributed by atoms with Gasteiger partial charge in [0.2, 0.25) is 0 Å². The van der Waals surface area contributed by atoms with Gasteiger partial charge in [-0.25, -0.2) is 0 Å². The number of nitrogens with one attached hydrogen (secondary N) is 1. The number of anilines is 1. The molecule has 0 bridgehead atoms. The Kier molecular flexibility index (Phi) is 9.43. The number of fused-ring (bicyclic) bond motifs is 1. The topological polar surface area (TPSA) is 140 Å². The summed E-state index contributed by atoms with van der Waals surface area (Å²) in [6, 6.07) is 15.1. The van der Waals surface area contributed by atoms with Gasteiger partial charge in [0.25, 0.3) is 16.0 Å². The molecular formula is C25H18Cl2N3NaO6S. The number of carbonyl (C=O) groups excluding carboxylic acids is 1. The van der Waals surface area contributed by atoms with Crippen LogP contribution in [0.25, 0.3) is 10.8 Å². The third-order valence-corrected chi connectivity index (χ3v) is 7.01. The van der Waals surface area contributed by atoms with E-state index >= 15 is 0 Å².